The molecule has 0 bridgehead atoms. The Labute approximate surface area is 117 Å². The third kappa shape index (κ3) is 5.19. The maximum absolute atomic E-state index is 12.0. The van der Waals surface area contributed by atoms with E-state index in [-0.39, 0.29) is 16.2 Å². The van der Waals surface area contributed by atoms with Crippen molar-refractivity contribution in [2.24, 2.45) is 5.92 Å². The Bertz CT molecular complexity index is 283. The van der Waals surface area contributed by atoms with E-state index in [2.05, 4.69) is 52.6 Å². The van der Waals surface area contributed by atoms with Gasteiger partial charge in [-0.3, -0.25) is 4.79 Å². The second kappa shape index (κ2) is 5.83. The van der Waals surface area contributed by atoms with Crippen LogP contribution in [0, 0.1) is 5.92 Å². The van der Waals surface area contributed by atoms with Crippen LogP contribution in [0.4, 0.5) is 0 Å². The minimum atomic E-state index is 0.00106. The highest BCUT2D eigenvalue weighted by atomic mass is 32.1. The summed E-state index contributed by atoms with van der Waals surface area (Å²) in [5, 5.41) is 3.25. The van der Waals surface area contributed by atoms with Crippen molar-refractivity contribution in [3.8, 4) is 0 Å². The van der Waals surface area contributed by atoms with Crippen LogP contribution < -0.4 is 5.32 Å². The number of amides is 1. The number of likely N-dealkylation sites (tertiary alicyclic amines) is 1. The molecular formula is C14H28N2OS. The van der Waals surface area contributed by atoms with E-state index in [9.17, 15) is 4.79 Å². The van der Waals surface area contributed by atoms with Gasteiger partial charge in [0.25, 0.3) is 0 Å². The second-order valence-electron chi connectivity index (χ2n) is 6.91. The lowest BCUT2D eigenvalue weighted by molar-refractivity contribution is -0.132. The van der Waals surface area contributed by atoms with Gasteiger partial charge in [-0.2, -0.15) is 12.6 Å². The molecule has 0 radical (unpaired) electrons. The Balaban J connectivity index is 2.37. The van der Waals surface area contributed by atoms with Crippen LogP contribution in [0.25, 0.3) is 0 Å². The van der Waals surface area contributed by atoms with Gasteiger partial charge in [-0.05, 0) is 39.5 Å². The molecule has 0 aromatic carbocycles. The number of rotatable bonds is 3. The van der Waals surface area contributed by atoms with Crippen LogP contribution in [-0.4, -0.2) is 40.7 Å². The lowest BCUT2D eigenvalue weighted by Gasteiger charge is -2.38. The maximum atomic E-state index is 12.0. The number of carbonyl (C=O) groups excluding carboxylic acids is 1. The maximum Gasteiger partial charge on any atom is 0.236 e. The Hall–Kier alpha value is -0.220. The number of nitrogens with one attached hydrogen (secondary N) is 1. The molecule has 0 aromatic heterocycles. The summed E-state index contributed by atoms with van der Waals surface area (Å²) in [6.45, 7) is 12.8. The van der Waals surface area contributed by atoms with Crippen LogP contribution in [0.2, 0.25) is 0 Å². The van der Waals surface area contributed by atoms with Gasteiger partial charge in [-0.1, -0.05) is 13.8 Å². The number of piperidine rings is 1. The van der Waals surface area contributed by atoms with E-state index >= 15 is 0 Å². The van der Waals surface area contributed by atoms with Gasteiger partial charge in [0, 0.05) is 23.4 Å². The van der Waals surface area contributed by atoms with Crippen molar-refractivity contribution >= 4 is 18.5 Å². The van der Waals surface area contributed by atoms with Gasteiger partial charge in [-0.15, -0.1) is 0 Å². The smallest absolute Gasteiger partial charge is 0.236 e. The van der Waals surface area contributed by atoms with Gasteiger partial charge >= 0.3 is 0 Å². The van der Waals surface area contributed by atoms with Crippen LogP contribution >= 0.6 is 12.6 Å². The van der Waals surface area contributed by atoms with E-state index < -0.39 is 0 Å². The fourth-order valence-electron chi connectivity index (χ4n) is 2.29. The van der Waals surface area contributed by atoms with Crippen molar-refractivity contribution in [1.82, 2.24) is 10.2 Å². The summed E-state index contributed by atoms with van der Waals surface area (Å²) in [5.74, 6) is 0.834. The average molecular weight is 272 g/mol. The second-order valence-corrected chi connectivity index (χ2v) is 8.06. The molecule has 3 nitrogen and oxygen atoms in total. The molecule has 0 aromatic rings. The van der Waals surface area contributed by atoms with Crippen LogP contribution in [0.1, 0.15) is 47.5 Å². The molecule has 1 aliphatic heterocycles. The van der Waals surface area contributed by atoms with E-state index in [0.29, 0.717) is 12.5 Å². The molecule has 1 N–H and O–H groups in total. The molecule has 1 aliphatic rings. The van der Waals surface area contributed by atoms with Crippen molar-refractivity contribution in [1.29, 1.82) is 0 Å². The summed E-state index contributed by atoms with van der Waals surface area (Å²) in [6, 6.07) is 0. The fourth-order valence-corrected chi connectivity index (χ4v) is 2.55. The number of thiol groups is 1. The zero-order valence-electron chi connectivity index (χ0n) is 12.4. The van der Waals surface area contributed by atoms with E-state index in [1.54, 1.807) is 0 Å². The first-order valence-electron chi connectivity index (χ1n) is 6.85. The van der Waals surface area contributed by atoms with Crippen LogP contribution in [0.5, 0.6) is 0 Å². The SMILES string of the molecule is CC(C)(C)NCC(=O)N1CCC(C(C)(C)S)CC1. The number of hydrogen-bond donors (Lipinski definition) is 2. The zero-order chi connectivity index (χ0) is 14.0. The third-order valence-electron chi connectivity index (χ3n) is 3.62. The Morgan fingerprint density at radius 3 is 2.11 bits per heavy atom. The van der Waals surface area contributed by atoms with E-state index in [1.165, 1.54) is 0 Å². The van der Waals surface area contributed by atoms with Crippen LogP contribution in [0.3, 0.4) is 0 Å². The lowest BCUT2D eigenvalue weighted by atomic mass is 9.86. The van der Waals surface area contributed by atoms with Gasteiger partial charge in [0.1, 0.15) is 0 Å². The van der Waals surface area contributed by atoms with Gasteiger partial charge in [0.2, 0.25) is 5.91 Å². The van der Waals surface area contributed by atoms with Crippen molar-refractivity contribution in [2.45, 2.75) is 57.7 Å². The quantitative estimate of drug-likeness (QED) is 0.773. The third-order valence-corrected chi connectivity index (χ3v) is 3.98. The molecule has 1 fully saturated rings. The van der Waals surface area contributed by atoms with Crippen LogP contribution in [-0.2, 0) is 4.79 Å². The molecule has 0 aliphatic carbocycles. The van der Waals surface area contributed by atoms with Gasteiger partial charge in [0.05, 0.1) is 6.54 Å². The van der Waals surface area contributed by atoms with Gasteiger partial charge in [-0.25, -0.2) is 0 Å². The van der Waals surface area contributed by atoms with E-state index in [1.807, 2.05) is 4.90 Å². The predicted molar refractivity (Wildman–Crippen MR) is 80.1 cm³/mol. The highest BCUT2D eigenvalue weighted by Gasteiger charge is 2.31. The molecule has 1 rings (SSSR count). The molecule has 18 heavy (non-hydrogen) atoms. The first kappa shape index (κ1) is 15.8. The molecule has 0 unspecified atom stereocenters. The highest BCUT2D eigenvalue weighted by Crippen LogP contribution is 2.32. The number of nitrogens with zero attached hydrogens (tertiary/aromatic N) is 1. The van der Waals surface area contributed by atoms with E-state index in [4.69, 9.17) is 0 Å². The summed E-state index contributed by atoms with van der Waals surface area (Å²) >= 11 is 4.64. The van der Waals surface area contributed by atoms with Gasteiger partial charge in [0.15, 0.2) is 0 Å². The van der Waals surface area contributed by atoms with Crippen LogP contribution in [0.15, 0.2) is 0 Å². The topological polar surface area (TPSA) is 32.3 Å². The standard InChI is InChI=1S/C14H28N2OS/c1-13(2,3)15-10-12(17)16-8-6-11(7-9-16)14(4,5)18/h11,15,18H,6-10H2,1-5H3. The number of hydrogen-bond acceptors (Lipinski definition) is 3. The normalized spacial score (nSPS) is 19.1. The van der Waals surface area contributed by atoms with E-state index in [0.717, 1.165) is 25.9 Å². The highest BCUT2D eigenvalue weighted by molar-refractivity contribution is 7.81. The summed E-state index contributed by atoms with van der Waals surface area (Å²) in [5.41, 5.74) is 0.00106. The fraction of sp³-hybridized carbons (Fsp3) is 0.929. The summed E-state index contributed by atoms with van der Waals surface area (Å²) in [4.78, 5) is 14.0. The molecule has 1 saturated heterocycles. The molecule has 1 heterocycles. The lowest BCUT2D eigenvalue weighted by Crippen LogP contribution is -2.48. The minimum Gasteiger partial charge on any atom is -0.342 e. The molecule has 0 spiro atoms. The Morgan fingerprint density at radius 1 is 1.22 bits per heavy atom. The Morgan fingerprint density at radius 2 is 1.72 bits per heavy atom. The zero-order valence-corrected chi connectivity index (χ0v) is 13.3. The average Bonchev–Trinajstić information content (AvgIpc) is 2.24. The molecule has 1 amide bonds. The predicted octanol–water partition coefficient (Wildman–Crippen LogP) is 2.32. The summed E-state index contributed by atoms with van der Waals surface area (Å²) < 4.78 is 0.0683. The number of carbonyl (C=O) groups is 1. The van der Waals surface area contributed by atoms with Gasteiger partial charge < -0.3 is 10.2 Å². The first-order valence-corrected chi connectivity index (χ1v) is 7.29. The summed E-state index contributed by atoms with van der Waals surface area (Å²) in [6.07, 6.45) is 2.13. The van der Waals surface area contributed by atoms with Crippen molar-refractivity contribution < 1.29 is 4.79 Å². The minimum absolute atomic E-state index is 0.00106. The first-order chi connectivity index (χ1) is 8.09. The largest absolute Gasteiger partial charge is 0.342 e. The molecule has 106 valence electrons. The Kier molecular flexibility index (Phi) is 5.13. The summed E-state index contributed by atoms with van der Waals surface area (Å²) in [7, 11) is 0. The van der Waals surface area contributed by atoms with Crippen molar-refractivity contribution in [3.63, 3.8) is 0 Å². The van der Waals surface area contributed by atoms with Crippen molar-refractivity contribution in [3.05, 3.63) is 0 Å². The molecule has 0 atom stereocenters. The monoisotopic (exact) mass is 272 g/mol. The molecule has 4 heteroatoms. The van der Waals surface area contributed by atoms with Crippen molar-refractivity contribution in [2.75, 3.05) is 19.6 Å². The molecular weight excluding hydrogens is 244 g/mol. The molecule has 0 saturated carbocycles.